The quantitative estimate of drug-likeness (QED) is 0.720. The van der Waals surface area contributed by atoms with Gasteiger partial charge in [0.1, 0.15) is 0 Å². The second-order valence-corrected chi connectivity index (χ2v) is 5.64. The van der Waals surface area contributed by atoms with E-state index in [2.05, 4.69) is 4.98 Å². The Hall–Kier alpha value is -2.31. The van der Waals surface area contributed by atoms with E-state index in [4.69, 9.17) is 25.8 Å². The molecular formula is C18H21ClN2O4. The Morgan fingerprint density at radius 1 is 1.20 bits per heavy atom. The highest BCUT2D eigenvalue weighted by Gasteiger charge is 2.20. The third-order valence-corrected chi connectivity index (χ3v) is 3.89. The Labute approximate surface area is 152 Å². The maximum absolute atomic E-state index is 13.0. The fourth-order valence-corrected chi connectivity index (χ4v) is 2.65. The molecule has 0 N–H and O–H groups in total. The summed E-state index contributed by atoms with van der Waals surface area (Å²) < 4.78 is 15.6. The van der Waals surface area contributed by atoms with E-state index >= 15 is 0 Å². The van der Waals surface area contributed by atoms with Crippen LogP contribution in [0.15, 0.2) is 36.5 Å². The van der Waals surface area contributed by atoms with Crippen molar-refractivity contribution in [2.75, 3.05) is 34.5 Å². The highest BCUT2D eigenvalue weighted by molar-refractivity contribution is 6.32. The molecule has 7 heteroatoms. The number of benzene rings is 1. The number of nitrogens with zero attached hydrogens (tertiary/aromatic N) is 2. The lowest BCUT2D eigenvalue weighted by atomic mass is 10.1. The van der Waals surface area contributed by atoms with Crippen molar-refractivity contribution in [2.45, 2.75) is 6.54 Å². The number of methoxy groups -OCH3 is 3. The van der Waals surface area contributed by atoms with E-state index in [1.54, 1.807) is 30.3 Å². The van der Waals surface area contributed by atoms with E-state index in [9.17, 15) is 4.79 Å². The molecule has 0 fully saturated rings. The Kier molecular flexibility index (Phi) is 7.03. The monoisotopic (exact) mass is 364 g/mol. The topological polar surface area (TPSA) is 60.9 Å². The first-order valence-electron chi connectivity index (χ1n) is 7.70. The van der Waals surface area contributed by atoms with Crippen LogP contribution in [0.5, 0.6) is 11.5 Å². The van der Waals surface area contributed by atoms with Crippen molar-refractivity contribution in [1.29, 1.82) is 0 Å². The summed E-state index contributed by atoms with van der Waals surface area (Å²) in [6.45, 7) is 1.21. The third-order valence-electron chi connectivity index (χ3n) is 3.61. The molecule has 1 aromatic carbocycles. The fraction of sp³-hybridized carbons (Fsp3) is 0.333. The van der Waals surface area contributed by atoms with Crippen LogP contribution in [0.25, 0.3) is 0 Å². The van der Waals surface area contributed by atoms with E-state index < -0.39 is 0 Å². The molecule has 1 aromatic heterocycles. The van der Waals surface area contributed by atoms with Gasteiger partial charge in [0.25, 0.3) is 5.91 Å². The minimum absolute atomic E-state index is 0.189. The summed E-state index contributed by atoms with van der Waals surface area (Å²) in [5, 5.41) is 0.315. The SMILES string of the molecule is COCCN(Cc1ccccn1)C(=O)c1cc(Cl)c(OC)c(OC)c1. The highest BCUT2D eigenvalue weighted by Crippen LogP contribution is 2.36. The maximum atomic E-state index is 13.0. The molecular weight excluding hydrogens is 344 g/mol. The number of hydrogen-bond acceptors (Lipinski definition) is 5. The Morgan fingerprint density at radius 3 is 2.60 bits per heavy atom. The molecule has 0 atom stereocenters. The molecule has 0 aliphatic heterocycles. The molecule has 0 saturated heterocycles. The zero-order chi connectivity index (χ0) is 18.2. The van der Waals surface area contributed by atoms with Crippen LogP contribution in [-0.4, -0.2) is 50.3 Å². The van der Waals surface area contributed by atoms with Crippen LogP contribution >= 0.6 is 11.6 Å². The predicted molar refractivity (Wildman–Crippen MR) is 95.4 cm³/mol. The van der Waals surface area contributed by atoms with Gasteiger partial charge < -0.3 is 19.1 Å². The van der Waals surface area contributed by atoms with Gasteiger partial charge in [0.05, 0.1) is 38.1 Å². The molecule has 0 aliphatic carbocycles. The lowest BCUT2D eigenvalue weighted by molar-refractivity contribution is 0.0677. The second kappa shape index (κ2) is 9.25. The number of pyridine rings is 1. The minimum atomic E-state index is -0.189. The average Bonchev–Trinajstić information content (AvgIpc) is 2.64. The van der Waals surface area contributed by atoms with Crippen molar-refractivity contribution in [1.82, 2.24) is 9.88 Å². The van der Waals surface area contributed by atoms with Gasteiger partial charge in [0.2, 0.25) is 0 Å². The Balaban J connectivity index is 2.30. The minimum Gasteiger partial charge on any atom is -0.493 e. The van der Waals surface area contributed by atoms with Gasteiger partial charge in [-0.2, -0.15) is 0 Å². The first-order chi connectivity index (χ1) is 12.1. The van der Waals surface area contributed by atoms with Gasteiger partial charge in [0.15, 0.2) is 11.5 Å². The third kappa shape index (κ3) is 4.84. The molecule has 0 spiro atoms. The van der Waals surface area contributed by atoms with Crippen LogP contribution < -0.4 is 9.47 Å². The highest BCUT2D eigenvalue weighted by atomic mass is 35.5. The van der Waals surface area contributed by atoms with Crippen LogP contribution in [0.2, 0.25) is 5.02 Å². The summed E-state index contributed by atoms with van der Waals surface area (Å²) in [6.07, 6.45) is 1.70. The molecule has 1 heterocycles. The molecule has 0 aliphatic rings. The summed E-state index contributed by atoms with van der Waals surface area (Å²) in [6, 6.07) is 8.77. The first-order valence-corrected chi connectivity index (χ1v) is 8.08. The van der Waals surface area contributed by atoms with Crippen LogP contribution in [-0.2, 0) is 11.3 Å². The van der Waals surface area contributed by atoms with Gasteiger partial charge in [-0.3, -0.25) is 9.78 Å². The van der Waals surface area contributed by atoms with Crippen molar-refractivity contribution in [3.05, 3.63) is 52.8 Å². The number of halogens is 1. The molecule has 2 aromatic rings. The molecule has 0 bridgehead atoms. The van der Waals surface area contributed by atoms with Crippen molar-refractivity contribution in [2.24, 2.45) is 0 Å². The summed E-state index contributed by atoms with van der Waals surface area (Å²) in [4.78, 5) is 18.9. The molecule has 6 nitrogen and oxygen atoms in total. The van der Waals surface area contributed by atoms with Crippen LogP contribution in [0.4, 0.5) is 0 Å². The number of carbonyl (C=O) groups is 1. The largest absolute Gasteiger partial charge is 0.493 e. The lowest BCUT2D eigenvalue weighted by Crippen LogP contribution is -2.33. The van der Waals surface area contributed by atoms with Gasteiger partial charge in [-0.1, -0.05) is 17.7 Å². The number of rotatable bonds is 8. The van der Waals surface area contributed by atoms with Gasteiger partial charge in [-0.25, -0.2) is 0 Å². The van der Waals surface area contributed by atoms with Crippen molar-refractivity contribution in [3.63, 3.8) is 0 Å². The van der Waals surface area contributed by atoms with Gasteiger partial charge >= 0.3 is 0 Å². The molecule has 2 rings (SSSR count). The number of aromatic nitrogens is 1. The number of amides is 1. The molecule has 25 heavy (non-hydrogen) atoms. The van der Waals surface area contributed by atoms with Gasteiger partial charge in [-0.05, 0) is 24.3 Å². The molecule has 1 amide bonds. The first kappa shape index (κ1) is 19.0. The average molecular weight is 365 g/mol. The summed E-state index contributed by atoms with van der Waals surface area (Å²) in [5.41, 5.74) is 1.20. The van der Waals surface area contributed by atoms with E-state index in [0.717, 1.165) is 5.69 Å². The Morgan fingerprint density at radius 2 is 2.00 bits per heavy atom. The fourth-order valence-electron chi connectivity index (χ4n) is 2.37. The van der Waals surface area contributed by atoms with Crippen LogP contribution in [0.1, 0.15) is 16.1 Å². The normalized spacial score (nSPS) is 10.4. The number of hydrogen-bond donors (Lipinski definition) is 0. The van der Waals surface area contributed by atoms with E-state index in [-0.39, 0.29) is 5.91 Å². The summed E-state index contributed by atoms with van der Waals surface area (Å²) in [7, 11) is 4.59. The molecule has 134 valence electrons. The van der Waals surface area contributed by atoms with Gasteiger partial charge in [0, 0.05) is 25.4 Å². The standard InChI is InChI=1S/C18H21ClN2O4/c1-23-9-8-21(12-14-6-4-5-7-20-14)18(22)13-10-15(19)17(25-3)16(11-13)24-2/h4-7,10-11H,8-9,12H2,1-3H3. The van der Waals surface area contributed by atoms with E-state index in [0.29, 0.717) is 41.8 Å². The Bertz CT molecular complexity index is 710. The molecule has 0 saturated carbocycles. The zero-order valence-corrected chi connectivity index (χ0v) is 15.2. The van der Waals surface area contributed by atoms with Crippen molar-refractivity contribution >= 4 is 17.5 Å². The van der Waals surface area contributed by atoms with E-state index in [1.807, 2.05) is 18.2 Å². The van der Waals surface area contributed by atoms with E-state index in [1.165, 1.54) is 14.2 Å². The number of carbonyl (C=O) groups excluding carboxylic acids is 1. The predicted octanol–water partition coefficient (Wildman–Crippen LogP) is 3.04. The van der Waals surface area contributed by atoms with Crippen LogP contribution in [0.3, 0.4) is 0 Å². The second-order valence-electron chi connectivity index (χ2n) is 5.23. The molecule has 0 radical (unpaired) electrons. The van der Waals surface area contributed by atoms with Crippen LogP contribution in [0, 0.1) is 0 Å². The van der Waals surface area contributed by atoms with Crippen molar-refractivity contribution < 1.29 is 19.0 Å². The zero-order valence-electron chi connectivity index (χ0n) is 14.5. The van der Waals surface area contributed by atoms with Gasteiger partial charge in [-0.15, -0.1) is 0 Å². The summed E-state index contributed by atoms with van der Waals surface area (Å²) >= 11 is 6.21. The van der Waals surface area contributed by atoms with Crippen molar-refractivity contribution in [3.8, 4) is 11.5 Å². The lowest BCUT2D eigenvalue weighted by Gasteiger charge is -2.23. The smallest absolute Gasteiger partial charge is 0.254 e. The molecule has 0 unspecified atom stereocenters. The number of ether oxygens (including phenoxy) is 3. The maximum Gasteiger partial charge on any atom is 0.254 e. The summed E-state index contributed by atoms with van der Waals surface area (Å²) in [5.74, 6) is 0.613.